The molecule has 1 saturated heterocycles. The first-order valence-corrected chi connectivity index (χ1v) is 17.2. The van der Waals surface area contributed by atoms with E-state index in [4.69, 9.17) is 10.5 Å². The number of piperazine rings is 1. The standard InChI is InChI=1S/C35H51N7O8/c1-24(2)32(39-29(44)9-5-4-6-17-42-30(45)14-15-31(42)46)28(43)22-26(8-7-16-37-34(36)48)33(47)38-27-12-10-25(11-13-27)23-50-35(49)41-20-18-40(3)19-21-41/h10-15,24,26,32H,4-9,16-23H2,1-3H3,(H,38,47)(H,39,44)(H3,36,37,48)/t26-,32+/m1/s1. The van der Waals surface area contributed by atoms with Crippen molar-refractivity contribution in [3.63, 3.8) is 0 Å². The fraction of sp³-hybridized carbons (Fsp3) is 0.571. The number of anilines is 1. The van der Waals surface area contributed by atoms with E-state index in [1.54, 1.807) is 29.2 Å². The summed E-state index contributed by atoms with van der Waals surface area (Å²) >= 11 is 0. The lowest BCUT2D eigenvalue weighted by Gasteiger charge is -2.31. The molecule has 2 aliphatic heterocycles. The molecular formula is C35H51N7O8. The maximum Gasteiger partial charge on any atom is 0.410 e. The van der Waals surface area contributed by atoms with Crippen molar-refractivity contribution in [2.45, 2.75) is 71.4 Å². The Balaban J connectivity index is 1.51. The topological polar surface area (TPSA) is 201 Å². The third-order valence-corrected chi connectivity index (χ3v) is 8.71. The van der Waals surface area contributed by atoms with Gasteiger partial charge in [0.1, 0.15) is 6.61 Å². The van der Waals surface area contributed by atoms with Crippen LogP contribution in [0.1, 0.15) is 64.4 Å². The van der Waals surface area contributed by atoms with E-state index in [9.17, 15) is 33.6 Å². The van der Waals surface area contributed by atoms with Gasteiger partial charge in [-0.3, -0.25) is 28.9 Å². The van der Waals surface area contributed by atoms with Gasteiger partial charge < -0.3 is 36.2 Å². The lowest BCUT2D eigenvalue weighted by molar-refractivity contribution is -0.137. The summed E-state index contributed by atoms with van der Waals surface area (Å²) in [6.07, 6.45) is 4.53. The summed E-state index contributed by atoms with van der Waals surface area (Å²) in [5.74, 6) is -2.62. The largest absolute Gasteiger partial charge is 0.445 e. The number of nitrogens with zero attached hydrogens (tertiary/aromatic N) is 3. The minimum absolute atomic E-state index is 0.0873. The monoisotopic (exact) mass is 697 g/mol. The van der Waals surface area contributed by atoms with Crippen LogP contribution in [0.4, 0.5) is 15.3 Å². The van der Waals surface area contributed by atoms with Gasteiger partial charge in [-0.15, -0.1) is 0 Å². The second kappa shape index (κ2) is 20.0. The Kier molecular flexibility index (Phi) is 15.9. The molecule has 7 amide bonds. The third kappa shape index (κ3) is 13.3. The fourth-order valence-corrected chi connectivity index (χ4v) is 5.66. The lowest BCUT2D eigenvalue weighted by Crippen LogP contribution is -2.47. The van der Waals surface area contributed by atoms with Crippen LogP contribution < -0.4 is 21.7 Å². The van der Waals surface area contributed by atoms with Crippen LogP contribution in [0.2, 0.25) is 0 Å². The summed E-state index contributed by atoms with van der Waals surface area (Å²) in [5, 5.41) is 8.18. The minimum atomic E-state index is -0.805. The second-order valence-electron chi connectivity index (χ2n) is 13.1. The zero-order chi connectivity index (χ0) is 36.6. The maximum absolute atomic E-state index is 13.5. The third-order valence-electron chi connectivity index (χ3n) is 8.71. The summed E-state index contributed by atoms with van der Waals surface area (Å²) in [5.41, 5.74) is 6.42. The molecule has 5 N–H and O–H groups in total. The number of unbranched alkanes of at least 4 members (excludes halogenated alkanes) is 2. The van der Waals surface area contributed by atoms with Crippen LogP contribution in [0.5, 0.6) is 0 Å². The number of benzene rings is 1. The van der Waals surface area contributed by atoms with Crippen molar-refractivity contribution >= 4 is 47.2 Å². The zero-order valence-electron chi connectivity index (χ0n) is 29.3. The van der Waals surface area contributed by atoms with Gasteiger partial charge in [-0.05, 0) is 56.3 Å². The minimum Gasteiger partial charge on any atom is -0.445 e. The summed E-state index contributed by atoms with van der Waals surface area (Å²) in [4.78, 5) is 91.6. The van der Waals surface area contributed by atoms with Crippen LogP contribution >= 0.6 is 0 Å². The summed E-state index contributed by atoms with van der Waals surface area (Å²) < 4.78 is 5.45. The molecule has 274 valence electrons. The van der Waals surface area contributed by atoms with Crippen LogP contribution in [0, 0.1) is 11.8 Å². The number of Topliss-reactive ketones (excluding diaryl/α,β-unsaturated/α-hetero) is 1. The molecule has 0 unspecified atom stereocenters. The number of primary amides is 1. The Bertz CT molecular complexity index is 1370. The molecule has 15 nitrogen and oxygen atoms in total. The van der Waals surface area contributed by atoms with Crippen molar-refractivity contribution in [3.05, 3.63) is 42.0 Å². The van der Waals surface area contributed by atoms with E-state index >= 15 is 0 Å². The van der Waals surface area contributed by atoms with Crippen molar-refractivity contribution < 1.29 is 38.3 Å². The van der Waals surface area contributed by atoms with Crippen LogP contribution in [-0.4, -0.2) is 109 Å². The highest BCUT2D eigenvalue weighted by Crippen LogP contribution is 2.20. The quantitative estimate of drug-likeness (QED) is 0.124. The van der Waals surface area contributed by atoms with E-state index in [1.165, 1.54) is 12.2 Å². The molecule has 1 aromatic rings. The number of likely N-dealkylation sites (N-methyl/N-ethyl adjacent to an activating group) is 1. The van der Waals surface area contributed by atoms with E-state index in [-0.39, 0.29) is 80.4 Å². The summed E-state index contributed by atoms with van der Waals surface area (Å²) in [7, 11) is 2.01. The number of hydrogen-bond acceptors (Lipinski definition) is 9. The number of imide groups is 1. The van der Waals surface area contributed by atoms with Crippen LogP contribution in [0.15, 0.2) is 36.4 Å². The smallest absolute Gasteiger partial charge is 0.410 e. The molecule has 0 spiro atoms. The van der Waals surface area contributed by atoms with Gasteiger partial charge in [0.05, 0.1) is 6.04 Å². The highest BCUT2D eigenvalue weighted by molar-refractivity contribution is 6.12. The first-order chi connectivity index (χ1) is 23.8. The predicted octanol–water partition coefficient (Wildman–Crippen LogP) is 2.16. The molecule has 1 aromatic carbocycles. The number of hydrogen-bond donors (Lipinski definition) is 4. The van der Waals surface area contributed by atoms with Crippen molar-refractivity contribution in [3.8, 4) is 0 Å². The van der Waals surface area contributed by atoms with Crippen LogP contribution in [-0.2, 0) is 35.3 Å². The number of carbonyl (C=O) groups excluding carboxylic acids is 7. The molecule has 2 atom stereocenters. The second-order valence-corrected chi connectivity index (χ2v) is 13.1. The number of carbonyl (C=O) groups is 7. The Labute approximate surface area is 293 Å². The molecule has 1 fully saturated rings. The molecule has 0 bridgehead atoms. The highest BCUT2D eigenvalue weighted by Gasteiger charge is 2.30. The summed E-state index contributed by atoms with van der Waals surface area (Å²) in [6, 6.07) is 5.39. The predicted molar refractivity (Wildman–Crippen MR) is 185 cm³/mol. The van der Waals surface area contributed by atoms with Crippen LogP contribution in [0.25, 0.3) is 0 Å². The molecule has 2 aliphatic rings. The van der Waals surface area contributed by atoms with Crippen molar-refractivity contribution in [2.24, 2.45) is 17.6 Å². The molecular weight excluding hydrogens is 646 g/mol. The molecule has 15 heteroatoms. The van der Waals surface area contributed by atoms with Gasteiger partial charge in [0.15, 0.2) is 5.78 Å². The average molecular weight is 698 g/mol. The Morgan fingerprint density at radius 3 is 2.18 bits per heavy atom. The molecule has 0 saturated carbocycles. The number of nitrogens with one attached hydrogen (secondary N) is 3. The van der Waals surface area contributed by atoms with Gasteiger partial charge in [0.2, 0.25) is 11.8 Å². The van der Waals surface area contributed by atoms with Crippen molar-refractivity contribution in [2.75, 3.05) is 51.6 Å². The molecule has 2 heterocycles. The Morgan fingerprint density at radius 1 is 0.900 bits per heavy atom. The fourth-order valence-electron chi connectivity index (χ4n) is 5.66. The van der Waals surface area contributed by atoms with Gasteiger partial charge in [0, 0.05) is 75.9 Å². The van der Waals surface area contributed by atoms with E-state index < -0.39 is 18.0 Å². The highest BCUT2D eigenvalue weighted by atomic mass is 16.6. The Morgan fingerprint density at radius 2 is 1.56 bits per heavy atom. The SMILES string of the molecule is CC(C)[C@H](NC(=O)CCCCCN1C(=O)C=CC1=O)C(=O)C[C@@H](CCCNC(N)=O)C(=O)Nc1ccc(COC(=O)N2CCN(C)CC2)cc1. The van der Waals surface area contributed by atoms with Gasteiger partial charge >= 0.3 is 12.1 Å². The number of ether oxygens (including phenoxy) is 1. The van der Waals surface area contributed by atoms with Crippen molar-refractivity contribution in [1.29, 1.82) is 0 Å². The number of urea groups is 1. The van der Waals surface area contributed by atoms with Gasteiger partial charge in [-0.25, -0.2) is 9.59 Å². The lowest BCUT2D eigenvalue weighted by atomic mass is 9.89. The zero-order valence-corrected chi connectivity index (χ0v) is 29.3. The maximum atomic E-state index is 13.5. The number of amides is 7. The first kappa shape index (κ1) is 39.6. The van der Waals surface area contributed by atoms with Gasteiger partial charge in [0.25, 0.3) is 11.8 Å². The van der Waals surface area contributed by atoms with E-state index in [0.29, 0.717) is 44.5 Å². The molecule has 0 aliphatic carbocycles. The molecule has 50 heavy (non-hydrogen) atoms. The Hall–Kier alpha value is -4.79. The van der Waals surface area contributed by atoms with Gasteiger partial charge in [-0.1, -0.05) is 32.4 Å². The average Bonchev–Trinajstić information content (AvgIpc) is 3.40. The van der Waals surface area contributed by atoms with Gasteiger partial charge in [-0.2, -0.15) is 0 Å². The van der Waals surface area contributed by atoms with Crippen LogP contribution in [0.3, 0.4) is 0 Å². The van der Waals surface area contributed by atoms with Crippen molar-refractivity contribution in [1.82, 2.24) is 25.3 Å². The molecule has 0 radical (unpaired) electrons. The summed E-state index contributed by atoms with van der Waals surface area (Å²) in [6.45, 7) is 7.04. The molecule has 3 rings (SSSR count). The number of rotatable bonds is 19. The van der Waals surface area contributed by atoms with E-state index in [0.717, 1.165) is 23.6 Å². The number of nitrogens with two attached hydrogens (primary N) is 1. The number of ketones is 1. The van der Waals surface area contributed by atoms with E-state index in [1.807, 2.05) is 20.9 Å². The molecule has 0 aromatic heterocycles. The van der Waals surface area contributed by atoms with E-state index in [2.05, 4.69) is 20.9 Å². The normalized spacial score (nSPS) is 15.9. The first-order valence-electron chi connectivity index (χ1n) is 17.2.